The van der Waals surface area contributed by atoms with Crippen molar-refractivity contribution >= 4 is 45.1 Å². The Morgan fingerprint density at radius 3 is 2.81 bits per heavy atom. The Labute approximate surface area is 190 Å². The number of anilines is 2. The molecule has 1 aliphatic heterocycles. The summed E-state index contributed by atoms with van der Waals surface area (Å²) in [7, 11) is 1.93. The van der Waals surface area contributed by atoms with Crippen LogP contribution < -0.4 is 10.1 Å². The Balaban J connectivity index is 1.66. The van der Waals surface area contributed by atoms with Crippen LogP contribution in [0.1, 0.15) is 31.0 Å². The van der Waals surface area contributed by atoms with Gasteiger partial charge in [0.15, 0.2) is 5.75 Å². The second kappa shape index (κ2) is 8.55. The van der Waals surface area contributed by atoms with Crippen molar-refractivity contribution in [1.82, 2.24) is 23.7 Å². The summed E-state index contributed by atoms with van der Waals surface area (Å²) in [5.41, 5.74) is 5.02. The van der Waals surface area contributed by atoms with E-state index in [2.05, 4.69) is 44.6 Å². The average molecular weight is 455 g/mol. The minimum Gasteiger partial charge on any atom is -0.488 e. The molecular weight excluding hydrogens is 428 g/mol. The van der Waals surface area contributed by atoms with Gasteiger partial charge in [-0.3, -0.25) is 4.68 Å². The minimum absolute atomic E-state index is 0.230. The van der Waals surface area contributed by atoms with Crippen molar-refractivity contribution < 1.29 is 4.74 Å². The maximum absolute atomic E-state index is 6.75. The topological polar surface area (TPSA) is 69.8 Å². The number of pyridine rings is 1. The molecule has 0 spiro atoms. The standard InChI is InChI=1S/C22H26N6OS2/c1-4-17-21(29-16-6-9-30-10-7-16)20-18(5-8-28(20)15-12-23-27(3)13-15)24-22(17)25-19-11-14(2)26-31-19/h5,8,11-13,16H,4,6-7,9-10H2,1-3H3,(H,24,25). The summed E-state index contributed by atoms with van der Waals surface area (Å²) in [5.74, 6) is 4.08. The first-order chi connectivity index (χ1) is 15.1. The molecule has 0 aromatic carbocycles. The molecule has 0 aliphatic carbocycles. The SMILES string of the molecule is CCc1c(Nc2cc(C)ns2)nc2ccn(-c3cnn(C)c3)c2c1OC1CCSCC1. The third-order valence-corrected chi connectivity index (χ3v) is 7.36. The van der Waals surface area contributed by atoms with E-state index in [-0.39, 0.29) is 6.10 Å². The van der Waals surface area contributed by atoms with Crippen molar-refractivity contribution in [3.63, 3.8) is 0 Å². The Bertz CT molecular complexity index is 1200. The third kappa shape index (κ3) is 4.04. The molecule has 5 heterocycles. The molecule has 0 amide bonds. The summed E-state index contributed by atoms with van der Waals surface area (Å²) < 4.78 is 15.1. The van der Waals surface area contributed by atoms with Gasteiger partial charge in [0, 0.05) is 25.0 Å². The fourth-order valence-corrected chi connectivity index (χ4v) is 5.71. The number of aryl methyl sites for hydroxylation is 2. The van der Waals surface area contributed by atoms with Crippen LogP contribution in [-0.2, 0) is 13.5 Å². The zero-order valence-electron chi connectivity index (χ0n) is 18.0. The fourth-order valence-electron chi connectivity index (χ4n) is 3.98. The molecular formula is C22H26N6OS2. The molecule has 0 atom stereocenters. The summed E-state index contributed by atoms with van der Waals surface area (Å²) in [6.45, 7) is 4.16. The summed E-state index contributed by atoms with van der Waals surface area (Å²) in [6.07, 6.45) is 9.13. The van der Waals surface area contributed by atoms with Crippen molar-refractivity contribution in [2.75, 3.05) is 16.8 Å². The van der Waals surface area contributed by atoms with E-state index in [0.717, 1.165) is 75.3 Å². The summed E-state index contributed by atoms with van der Waals surface area (Å²) in [6, 6.07) is 4.10. The van der Waals surface area contributed by atoms with Crippen molar-refractivity contribution in [2.45, 2.75) is 39.2 Å². The number of aromatic nitrogens is 5. The lowest BCUT2D eigenvalue weighted by atomic mass is 10.1. The smallest absolute Gasteiger partial charge is 0.152 e. The molecule has 0 radical (unpaired) electrons. The molecule has 162 valence electrons. The Hall–Kier alpha value is -2.52. The van der Waals surface area contributed by atoms with Gasteiger partial charge in [0.25, 0.3) is 0 Å². The predicted octanol–water partition coefficient (Wildman–Crippen LogP) is 5.10. The largest absolute Gasteiger partial charge is 0.488 e. The van der Waals surface area contributed by atoms with Gasteiger partial charge < -0.3 is 14.6 Å². The lowest BCUT2D eigenvalue weighted by Gasteiger charge is -2.25. The molecule has 4 aromatic rings. The first-order valence-corrected chi connectivity index (χ1v) is 12.5. The second-order valence-electron chi connectivity index (χ2n) is 7.80. The molecule has 7 nitrogen and oxygen atoms in total. The molecule has 31 heavy (non-hydrogen) atoms. The van der Waals surface area contributed by atoms with Gasteiger partial charge in [0.2, 0.25) is 0 Å². The lowest BCUT2D eigenvalue weighted by Crippen LogP contribution is -2.23. The van der Waals surface area contributed by atoms with E-state index in [9.17, 15) is 0 Å². The monoisotopic (exact) mass is 454 g/mol. The molecule has 1 saturated heterocycles. The molecule has 0 bridgehead atoms. The van der Waals surface area contributed by atoms with Crippen LogP contribution in [0.15, 0.2) is 30.7 Å². The van der Waals surface area contributed by atoms with Crippen LogP contribution in [0.4, 0.5) is 10.8 Å². The first-order valence-electron chi connectivity index (χ1n) is 10.6. The Morgan fingerprint density at radius 2 is 2.13 bits per heavy atom. The molecule has 9 heteroatoms. The van der Waals surface area contributed by atoms with Gasteiger partial charge in [-0.25, -0.2) is 4.98 Å². The Morgan fingerprint density at radius 1 is 1.29 bits per heavy atom. The van der Waals surface area contributed by atoms with Crippen LogP contribution in [0, 0.1) is 6.92 Å². The fraction of sp³-hybridized carbons (Fsp3) is 0.409. The van der Waals surface area contributed by atoms with Crippen LogP contribution in [0.3, 0.4) is 0 Å². The zero-order chi connectivity index (χ0) is 21.4. The quantitative estimate of drug-likeness (QED) is 0.437. The van der Waals surface area contributed by atoms with Gasteiger partial charge in [-0.15, -0.1) is 0 Å². The van der Waals surface area contributed by atoms with E-state index in [1.165, 1.54) is 11.5 Å². The lowest BCUT2D eigenvalue weighted by molar-refractivity contribution is 0.192. The normalized spacial score (nSPS) is 14.9. The van der Waals surface area contributed by atoms with E-state index < -0.39 is 0 Å². The molecule has 4 aromatic heterocycles. The summed E-state index contributed by atoms with van der Waals surface area (Å²) in [4.78, 5) is 4.99. The zero-order valence-corrected chi connectivity index (χ0v) is 19.6. The van der Waals surface area contributed by atoms with Crippen molar-refractivity contribution in [1.29, 1.82) is 0 Å². The first kappa shape index (κ1) is 20.4. The highest BCUT2D eigenvalue weighted by atomic mass is 32.2. The Kier molecular flexibility index (Phi) is 5.62. The van der Waals surface area contributed by atoms with Gasteiger partial charge in [0.05, 0.1) is 23.1 Å². The van der Waals surface area contributed by atoms with Crippen molar-refractivity contribution in [3.05, 3.63) is 42.0 Å². The number of ether oxygens (including phenoxy) is 1. The number of nitrogens with zero attached hydrogens (tertiary/aromatic N) is 5. The van der Waals surface area contributed by atoms with E-state index in [1.54, 1.807) is 0 Å². The van der Waals surface area contributed by atoms with E-state index in [4.69, 9.17) is 9.72 Å². The minimum atomic E-state index is 0.230. The molecule has 0 saturated carbocycles. The highest BCUT2D eigenvalue weighted by Crippen LogP contribution is 2.39. The van der Waals surface area contributed by atoms with Crippen LogP contribution in [0.25, 0.3) is 16.7 Å². The molecule has 5 rings (SSSR count). The van der Waals surface area contributed by atoms with E-state index in [0.29, 0.717) is 0 Å². The van der Waals surface area contributed by atoms with Gasteiger partial charge >= 0.3 is 0 Å². The third-order valence-electron chi connectivity index (χ3n) is 5.52. The van der Waals surface area contributed by atoms with Crippen molar-refractivity contribution in [2.24, 2.45) is 7.05 Å². The number of fused-ring (bicyclic) bond motifs is 1. The number of thioether (sulfide) groups is 1. The van der Waals surface area contributed by atoms with Gasteiger partial charge in [-0.05, 0) is 61.4 Å². The highest BCUT2D eigenvalue weighted by Gasteiger charge is 2.24. The van der Waals surface area contributed by atoms with Crippen LogP contribution in [-0.4, -0.2) is 41.3 Å². The van der Waals surface area contributed by atoms with Gasteiger partial charge in [-0.1, -0.05) is 6.92 Å². The maximum atomic E-state index is 6.75. The second-order valence-corrected chi connectivity index (χ2v) is 9.83. The summed E-state index contributed by atoms with van der Waals surface area (Å²) in [5, 5.41) is 8.85. The van der Waals surface area contributed by atoms with Crippen LogP contribution >= 0.6 is 23.3 Å². The van der Waals surface area contributed by atoms with Gasteiger partial charge in [0.1, 0.15) is 22.4 Å². The van der Waals surface area contributed by atoms with Crippen LogP contribution in [0.2, 0.25) is 0 Å². The number of hydrogen-bond acceptors (Lipinski definition) is 7. The molecule has 1 fully saturated rings. The van der Waals surface area contributed by atoms with Gasteiger partial charge in [-0.2, -0.15) is 21.2 Å². The van der Waals surface area contributed by atoms with E-state index in [1.807, 2.05) is 42.8 Å². The maximum Gasteiger partial charge on any atom is 0.152 e. The number of hydrogen-bond donors (Lipinski definition) is 1. The molecule has 1 N–H and O–H groups in total. The number of rotatable bonds is 6. The van der Waals surface area contributed by atoms with Crippen molar-refractivity contribution in [3.8, 4) is 11.4 Å². The number of nitrogens with one attached hydrogen (secondary N) is 1. The molecule has 1 aliphatic rings. The van der Waals surface area contributed by atoms with Crippen LogP contribution in [0.5, 0.6) is 5.75 Å². The van der Waals surface area contributed by atoms with E-state index >= 15 is 0 Å². The average Bonchev–Trinajstić information content (AvgIpc) is 3.49. The highest BCUT2D eigenvalue weighted by molar-refractivity contribution is 7.99. The molecule has 0 unspecified atom stereocenters. The predicted molar refractivity (Wildman–Crippen MR) is 128 cm³/mol. The summed E-state index contributed by atoms with van der Waals surface area (Å²) >= 11 is 3.46.